The molecule has 27 heavy (non-hydrogen) atoms. The van der Waals surface area contributed by atoms with Crippen LogP contribution in [0.2, 0.25) is 0 Å². The lowest BCUT2D eigenvalue weighted by Gasteiger charge is -2.27. The first-order chi connectivity index (χ1) is 13.2. The molecule has 5 rings (SSSR count). The summed E-state index contributed by atoms with van der Waals surface area (Å²) in [6.07, 6.45) is 9.73. The number of aryl methyl sites for hydroxylation is 2. The molecule has 0 aromatic carbocycles. The normalized spacial score (nSPS) is 22.6. The van der Waals surface area contributed by atoms with Gasteiger partial charge in [-0.25, -0.2) is 9.97 Å². The topological polar surface area (TPSA) is 49.3 Å². The van der Waals surface area contributed by atoms with Crippen LogP contribution in [0.5, 0.6) is 0 Å². The Kier molecular flexibility index (Phi) is 4.48. The van der Waals surface area contributed by atoms with Crippen LogP contribution in [-0.4, -0.2) is 45.8 Å². The molecular weight excluding hydrogens is 356 g/mol. The molecule has 0 spiro atoms. The molecule has 5 nitrogen and oxygen atoms in total. The van der Waals surface area contributed by atoms with Crippen LogP contribution in [0.25, 0.3) is 0 Å². The quantitative estimate of drug-likeness (QED) is 0.799. The first-order valence-electron chi connectivity index (χ1n) is 10.1. The van der Waals surface area contributed by atoms with Gasteiger partial charge in [-0.15, -0.1) is 11.3 Å². The lowest BCUT2D eigenvalue weighted by Crippen LogP contribution is -2.32. The standard InChI is InChI=1S/C21H26N4OS/c1-24-10-8-16-15(13-24)12-22-20(23-16)17-6-4-9-25(17)21(26)19-11-14-5-2-3-7-18(14)27-19/h11-12,17H,2-10,13H2,1H3/t17-/m0/s1. The van der Waals surface area contributed by atoms with E-state index in [2.05, 4.69) is 23.0 Å². The molecule has 1 saturated heterocycles. The van der Waals surface area contributed by atoms with E-state index in [1.165, 1.54) is 34.5 Å². The second-order valence-corrected chi connectivity index (χ2v) is 9.25. The summed E-state index contributed by atoms with van der Waals surface area (Å²) in [6.45, 7) is 2.77. The number of hydrogen-bond acceptors (Lipinski definition) is 5. The third kappa shape index (κ3) is 3.19. The van der Waals surface area contributed by atoms with E-state index in [-0.39, 0.29) is 11.9 Å². The Morgan fingerprint density at radius 1 is 1.15 bits per heavy atom. The molecule has 2 aromatic heterocycles. The van der Waals surface area contributed by atoms with Crippen LogP contribution in [0.1, 0.15) is 68.9 Å². The summed E-state index contributed by atoms with van der Waals surface area (Å²) in [7, 11) is 2.13. The first-order valence-corrected chi connectivity index (χ1v) is 11.0. The van der Waals surface area contributed by atoms with E-state index in [0.717, 1.165) is 62.4 Å². The van der Waals surface area contributed by atoms with Crippen molar-refractivity contribution in [1.29, 1.82) is 0 Å². The first kappa shape index (κ1) is 17.3. The van der Waals surface area contributed by atoms with Crippen molar-refractivity contribution in [3.05, 3.63) is 44.7 Å². The summed E-state index contributed by atoms with van der Waals surface area (Å²) < 4.78 is 0. The van der Waals surface area contributed by atoms with Gasteiger partial charge in [-0.3, -0.25) is 4.79 Å². The van der Waals surface area contributed by atoms with Crippen molar-refractivity contribution in [3.63, 3.8) is 0 Å². The zero-order chi connectivity index (χ0) is 18.4. The number of carbonyl (C=O) groups is 1. The van der Waals surface area contributed by atoms with E-state index in [0.29, 0.717) is 0 Å². The van der Waals surface area contributed by atoms with E-state index < -0.39 is 0 Å². The lowest BCUT2D eigenvalue weighted by molar-refractivity contribution is 0.0734. The minimum Gasteiger partial charge on any atom is -0.328 e. The van der Waals surface area contributed by atoms with Gasteiger partial charge in [0.2, 0.25) is 0 Å². The summed E-state index contributed by atoms with van der Waals surface area (Å²) in [6, 6.07) is 2.18. The Morgan fingerprint density at radius 2 is 2.04 bits per heavy atom. The molecule has 0 saturated carbocycles. The molecule has 0 radical (unpaired) electrons. The molecule has 142 valence electrons. The maximum absolute atomic E-state index is 13.3. The minimum absolute atomic E-state index is 0.0292. The van der Waals surface area contributed by atoms with Crippen molar-refractivity contribution in [1.82, 2.24) is 19.8 Å². The molecule has 2 aromatic rings. The van der Waals surface area contributed by atoms with Gasteiger partial charge in [-0.1, -0.05) is 0 Å². The highest BCUT2D eigenvalue weighted by molar-refractivity contribution is 7.14. The molecule has 1 atom stereocenters. The molecule has 1 fully saturated rings. The number of aromatic nitrogens is 2. The Hall–Kier alpha value is -1.79. The Bertz CT molecular complexity index is 854. The fourth-order valence-electron chi connectivity index (χ4n) is 4.65. The Labute approximate surface area is 164 Å². The summed E-state index contributed by atoms with van der Waals surface area (Å²) in [5.74, 6) is 1.02. The van der Waals surface area contributed by atoms with Crippen molar-refractivity contribution in [2.24, 2.45) is 0 Å². The predicted molar refractivity (Wildman–Crippen MR) is 106 cm³/mol. The van der Waals surface area contributed by atoms with Crippen molar-refractivity contribution >= 4 is 17.2 Å². The maximum atomic E-state index is 13.3. The molecule has 3 aliphatic rings. The predicted octanol–water partition coefficient (Wildman–Crippen LogP) is 3.38. The molecule has 4 heterocycles. The number of fused-ring (bicyclic) bond motifs is 2. The largest absolute Gasteiger partial charge is 0.328 e. The van der Waals surface area contributed by atoms with Crippen molar-refractivity contribution in [2.75, 3.05) is 20.1 Å². The van der Waals surface area contributed by atoms with Crippen LogP contribution in [0.4, 0.5) is 0 Å². The fraction of sp³-hybridized carbons (Fsp3) is 0.571. The zero-order valence-electron chi connectivity index (χ0n) is 15.9. The lowest BCUT2D eigenvalue weighted by atomic mass is 9.99. The van der Waals surface area contributed by atoms with Gasteiger partial charge in [0.25, 0.3) is 5.91 Å². The summed E-state index contributed by atoms with van der Waals surface area (Å²) in [5, 5.41) is 0. The number of rotatable bonds is 2. The van der Waals surface area contributed by atoms with Crippen LogP contribution in [0, 0.1) is 0 Å². The summed E-state index contributed by atoms with van der Waals surface area (Å²) >= 11 is 1.71. The molecule has 0 N–H and O–H groups in total. The average molecular weight is 383 g/mol. The van der Waals surface area contributed by atoms with Gasteiger partial charge in [0.05, 0.1) is 10.9 Å². The smallest absolute Gasteiger partial charge is 0.264 e. The zero-order valence-corrected chi connectivity index (χ0v) is 16.7. The van der Waals surface area contributed by atoms with Crippen molar-refractivity contribution in [3.8, 4) is 0 Å². The molecule has 0 unspecified atom stereocenters. The van der Waals surface area contributed by atoms with Gasteiger partial charge in [-0.05, 0) is 57.2 Å². The number of likely N-dealkylation sites (tertiary alicyclic amines) is 1. The summed E-state index contributed by atoms with van der Waals surface area (Å²) in [5.41, 5.74) is 3.80. The minimum atomic E-state index is 0.0292. The van der Waals surface area contributed by atoms with E-state index in [1.54, 1.807) is 11.3 Å². The third-order valence-corrected chi connectivity index (χ3v) is 7.39. The van der Waals surface area contributed by atoms with Crippen molar-refractivity contribution in [2.45, 2.75) is 57.5 Å². The number of hydrogen-bond donors (Lipinski definition) is 0. The Morgan fingerprint density at radius 3 is 2.93 bits per heavy atom. The van der Waals surface area contributed by atoms with Crippen LogP contribution in [-0.2, 0) is 25.8 Å². The van der Waals surface area contributed by atoms with Gasteiger partial charge in [0.1, 0.15) is 0 Å². The third-order valence-electron chi connectivity index (χ3n) is 6.16. The second kappa shape index (κ2) is 6.99. The van der Waals surface area contributed by atoms with Gasteiger partial charge in [0, 0.05) is 48.4 Å². The van der Waals surface area contributed by atoms with Crippen LogP contribution < -0.4 is 0 Å². The highest BCUT2D eigenvalue weighted by atomic mass is 32.1. The molecule has 6 heteroatoms. The summed E-state index contributed by atoms with van der Waals surface area (Å²) in [4.78, 5) is 29.5. The number of amides is 1. The van der Waals surface area contributed by atoms with E-state index >= 15 is 0 Å². The number of likely N-dealkylation sites (N-methyl/N-ethyl adjacent to an activating group) is 1. The van der Waals surface area contributed by atoms with Crippen molar-refractivity contribution < 1.29 is 4.79 Å². The van der Waals surface area contributed by atoms with Crippen LogP contribution >= 0.6 is 11.3 Å². The molecule has 1 aliphatic carbocycles. The molecular formula is C21H26N4OS. The number of carbonyl (C=O) groups excluding carboxylic acids is 1. The van der Waals surface area contributed by atoms with E-state index in [1.807, 2.05) is 11.1 Å². The molecule has 1 amide bonds. The second-order valence-electron chi connectivity index (χ2n) is 8.11. The van der Waals surface area contributed by atoms with E-state index in [4.69, 9.17) is 4.98 Å². The van der Waals surface area contributed by atoms with Gasteiger partial charge in [0.15, 0.2) is 5.82 Å². The number of thiophene rings is 1. The fourth-order valence-corrected chi connectivity index (χ4v) is 5.86. The van der Waals surface area contributed by atoms with Crippen LogP contribution in [0.15, 0.2) is 12.3 Å². The average Bonchev–Trinajstić information content (AvgIpc) is 3.34. The molecule has 2 aliphatic heterocycles. The van der Waals surface area contributed by atoms with Gasteiger partial charge in [-0.2, -0.15) is 0 Å². The SMILES string of the molecule is CN1CCc2nc([C@@H]3CCCN3C(=O)c3cc4c(s3)CCCC4)ncc2C1. The van der Waals surface area contributed by atoms with Gasteiger partial charge < -0.3 is 9.80 Å². The maximum Gasteiger partial charge on any atom is 0.264 e. The van der Waals surface area contributed by atoms with Gasteiger partial charge >= 0.3 is 0 Å². The van der Waals surface area contributed by atoms with E-state index in [9.17, 15) is 4.79 Å². The highest BCUT2D eigenvalue weighted by Crippen LogP contribution is 2.35. The highest BCUT2D eigenvalue weighted by Gasteiger charge is 2.34. The number of nitrogens with zero attached hydrogens (tertiary/aromatic N) is 4. The monoisotopic (exact) mass is 382 g/mol. The van der Waals surface area contributed by atoms with Crippen LogP contribution in [0.3, 0.4) is 0 Å². The Balaban J connectivity index is 1.40. The molecule has 0 bridgehead atoms.